The van der Waals surface area contributed by atoms with Gasteiger partial charge >= 0.3 is 6.18 Å². The van der Waals surface area contributed by atoms with E-state index in [1.165, 1.54) is 0 Å². The molecule has 7 heteroatoms. The molecule has 0 saturated heterocycles. The van der Waals surface area contributed by atoms with Crippen molar-refractivity contribution in [2.45, 2.75) is 6.18 Å². The molecule has 0 atom stereocenters. The summed E-state index contributed by atoms with van der Waals surface area (Å²) in [6.07, 6.45) is -0.529. The van der Waals surface area contributed by atoms with Gasteiger partial charge in [-0.1, -0.05) is 12.2 Å². The van der Waals surface area contributed by atoms with E-state index in [1.54, 1.807) is 12.2 Å². The number of alkyl halides is 3. The van der Waals surface area contributed by atoms with E-state index in [-0.39, 0.29) is 12.2 Å². The minimum atomic E-state index is -4.45. The van der Waals surface area contributed by atoms with Crippen LogP contribution >= 0.6 is 0 Å². The molecule has 0 saturated carbocycles. The van der Waals surface area contributed by atoms with Gasteiger partial charge in [-0.15, -0.1) is 0 Å². The zero-order chi connectivity index (χ0) is 13.6. The third kappa shape index (κ3) is 4.17. The lowest BCUT2D eigenvalue weighted by molar-refractivity contribution is -0.137. The molecule has 0 aliphatic carbocycles. The molecule has 0 aliphatic heterocycles. The predicted octanol–water partition coefficient (Wildman–Crippen LogP) is 1.35. The fraction of sp³-hybridized carbons (Fsp3) is 0.273. The number of hydrogen-bond acceptors (Lipinski definition) is 3. The Kier molecular flexibility index (Phi) is 4.85. The van der Waals surface area contributed by atoms with E-state index >= 15 is 0 Å². The minimum absolute atomic E-state index is 0.0656. The average molecular weight is 259 g/mol. The monoisotopic (exact) mass is 259 g/mol. The van der Waals surface area contributed by atoms with Gasteiger partial charge in [-0.25, -0.2) is 0 Å². The van der Waals surface area contributed by atoms with Gasteiger partial charge in [0.05, 0.1) is 5.56 Å². The summed E-state index contributed by atoms with van der Waals surface area (Å²) in [5.41, 5.74) is 4.24. The molecule has 1 aromatic heterocycles. The molecule has 0 bridgehead atoms. The molecule has 0 aromatic carbocycles. The summed E-state index contributed by atoms with van der Waals surface area (Å²) in [7, 11) is 0. The number of nitrogens with one attached hydrogen (secondary N) is 1. The minimum Gasteiger partial charge on any atom is -0.347 e. The Bertz CT molecular complexity index is 426. The van der Waals surface area contributed by atoms with Crippen molar-refractivity contribution < 1.29 is 18.0 Å². The molecule has 1 heterocycles. The maximum Gasteiger partial charge on any atom is 0.417 e. The van der Waals surface area contributed by atoms with Gasteiger partial charge in [-0.3, -0.25) is 9.78 Å². The quantitative estimate of drug-likeness (QED) is 0.802. The number of carbonyl (C=O) groups excluding carboxylic acids is 1. The van der Waals surface area contributed by atoms with Crippen molar-refractivity contribution in [1.29, 1.82) is 0 Å². The average Bonchev–Trinajstić information content (AvgIpc) is 2.33. The molecule has 0 aliphatic rings. The summed E-state index contributed by atoms with van der Waals surface area (Å²) in [5.74, 6) is -0.537. The lowest BCUT2D eigenvalue weighted by Crippen LogP contribution is -2.24. The van der Waals surface area contributed by atoms with Crippen molar-refractivity contribution in [3.63, 3.8) is 0 Å². The molecule has 4 nitrogen and oxygen atoms in total. The van der Waals surface area contributed by atoms with Gasteiger partial charge in [0.25, 0.3) is 5.91 Å². The molecular weight excluding hydrogens is 247 g/mol. The van der Waals surface area contributed by atoms with Gasteiger partial charge < -0.3 is 11.1 Å². The second kappa shape index (κ2) is 6.15. The summed E-state index contributed by atoms with van der Waals surface area (Å²) < 4.78 is 36.7. The van der Waals surface area contributed by atoms with Crippen LogP contribution in [-0.4, -0.2) is 24.0 Å². The number of pyridine rings is 1. The van der Waals surface area contributed by atoms with Gasteiger partial charge in [0, 0.05) is 19.3 Å². The Morgan fingerprint density at radius 1 is 1.39 bits per heavy atom. The number of carbonyl (C=O) groups is 1. The molecule has 1 amide bonds. The van der Waals surface area contributed by atoms with Gasteiger partial charge in [-0.2, -0.15) is 13.2 Å². The highest BCUT2D eigenvalue weighted by Gasteiger charge is 2.30. The lowest BCUT2D eigenvalue weighted by atomic mass is 10.2. The van der Waals surface area contributed by atoms with E-state index < -0.39 is 17.6 Å². The number of rotatable bonds is 4. The Morgan fingerprint density at radius 3 is 2.61 bits per heavy atom. The molecular formula is C11H12F3N3O. The number of halogens is 3. The first-order chi connectivity index (χ1) is 8.45. The highest BCUT2D eigenvalue weighted by Crippen LogP contribution is 2.28. The van der Waals surface area contributed by atoms with Crippen LogP contribution in [0.15, 0.2) is 30.5 Å². The second-order valence-corrected chi connectivity index (χ2v) is 3.35. The molecule has 18 heavy (non-hydrogen) atoms. The second-order valence-electron chi connectivity index (χ2n) is 3.35. The van der Waals surface area contributed by atoms with Gasteiger partial charge in [-0.05, 0) is 12.1 Å². The molecule has 3 N–H and O–H groups in total. The van der Waals surface area contributed by atoms with Crippen molar-refractivity contribution in [2.24, 2.45) is 5.73 Å². The zero-order valence-corrected chi connectivity index (χ0v) is 9.37. The van der Waals surface area contributed by atoms with Crippen LogP contribution in [0.1, 0.15) is 16.1 Å². The first kappa shape index (κ1) is 14.2. The number of nitrogens with zero attached hydrogens (tertiary/aromatic N) is 1. The Balaban J connectivity index is 2.62. The van der Waals surface area contributed by atoms with E-state index in [0.29, 0.717) is 12.7 Å². The summed E-state index contributed by atoms with van der Waals surface area (Å²) in [6.45, 7) is 0.604. The highest BCUT2D eigenvalue weighted by atomic mass is 19.4. The van der Waals surface area contributed by atoms with Crippen molar-refractivity contribution in [2.75, 3.05) is 13.1 Å². The summed E-state index contributed by atoms with van der Waals surface area (Å²) >= 11 is 0. The van der Waals surface area contributed by atoms with Gasteiger partial charge in [0.1, 0.15) is 5.69 Å². The van der Waals surface area contributed by atoms with E-state index in [4.69, 9.17) is 5.73 Å². The molecule has 0 spiro atoms. The number of amides is 1. The normalized spacial score (nSPS) is 11.8. The Hall–Kier alpha value is -1.89. The molecule has 0 radical (unpaired) electrons. The number of hydrogen-bond donors (Lipinski definition) is 2. The first-order valence-electron chi connectivity index (χ1n) is 5.11. The van der Waals surface area contributed by atoms with Crippen LogP contribution in [0.4, 0.5) is 13.2 Å². The van der Waals surface area contributed by atoms with Crippen LogP contribution in [-0.2, 0) is 6.18 Å². The summed E-state index contributed by atoms with van der Waals surface area (Å²) in [5, 5.41) is 2.47. The maximum absolute atomic E-state index is 12.2. The molecule has 1 rings (SSSR count). The largest absolute Gasteiger partial charge is 0.417 e. The number of aromatic nitrogens is 1. The van der Waals surface area contributed by atoms with E-state index in [0.717, 1.165) is 12.1 Å². The Labute approximate surface area is 102 Å². The van der Waals surface area contributed by atoms with E-state index in [9.17, 15) is 18.0 Å². The van der Waals surface area contributed by atoms with Crippen molar-refractivity contribution in [1.82, 2.24) is 10.3 Å². The third-order valence-electron chi connectivity index (χ3n) is 2.01. The highest BCUT2D eigenvalue weighted by molar-refractivity contribution is 5.92. The van der Waals surface area contributed by atoms with Crippen LogP contribution in [0.5, 0.6) is 0 Å². The van der Waals surface area contributed by atoms with E-state index in [2.05, 4.69) is 10.3 Å². The van der Waals surface area contributed by atoms with Crippen molar-refractivity contribution in [3.8, 4) is 0 Å². The fourth-order valence-corrected chi connectivity index (χ4v) is 1.12. The van der Waals surface area contributed by atoms with Crippen LogP contribution in [0.3, 0.4) is 0 Å². The fourth-order valence-electron chi connectivity index (χ4n) is 1.12. The topological polar surface area (TPSA) is 68.0 Å². The smallest absolute Gasteiger partial charge is 0.347 e. The number of nitrogens with two attached hydrogens (primary N) is 1. The standard InChI is InChI=1S/C11H12F3N3O/c12-11(13,14)8-3-4-9(17-7-8)10(18)16-6-2-1-5-15/h1-4,7H,5-6,15H2,(H,16,18)/b2-1+. The molecule has 98 valence electrons. The van der Waals surface area contributed by atoms with E-state index in [1.807, 2.05) is 0 Å². The summed E-state index contributed by atoms with van der Waals surface area (Å²) in [6, 6.07) is 1.85. The third-order valence-corrected chi connectivity index (χ3v) is 2.01. The van der Waals surface area contributed by atoms with Gasteiger partial charge in [0.2, 0.25) is 0 Å². The zero-order valence-electron chi connectivity index (χ0n) is 9.37. The van der Waals surface area contributed by atoms with Crippen molar-refractivity contribution in [3.05, 3.63) is 41.7 Å². The van der Waals surface area contributed by atoms with Crippen LogP contribution in [0, 0.1) is 0 Å². The van der Waals surface area contributed by atoms with Crippen LogP contribution in [0.2, 0.25) is 0 Å². The maximum atomic E-state index is 12.2. The lowest BCUT2D eigenvalue weighted by Gasteiger charge is -2.06. The predicted molar refractivity (Wildman–Crippen MR) is 59.8 cm³/mol. The van der Waals surface area contributed by atoms with Crippen LogP contribution in [0.25, 0.3) is 0 Å². The first-order valence-corrected chi connectivity index (χ1v) is 5.11. The molecule has 0 fully saturated rings. The molecule has 0 unspecified atom stereocenters. The summed E-state index contributed by atoms with van der Waals surface area (Å²) in [4.78, 5) is 14.9. The SMILES string of the molecule is NC/C=C/CNC(=O)c1ccc(C(F)(F)F)cn1. The van der Waals surface area contributed by atoms with Gasteiger partial charge in [0.15, 0.2) is 0 Å². The van der Waals surface area contributed by atoms with Crippen molar-refractivity contribution >= 4 is 5.91 Å². The Morgan fingerprint density at radius 2 is 2.11 bits per heavy atom. The van der Waals surface area contributed by atoms with Crippen LogP contribution < -0.4 is 11.1 Å². The molecule has 1 aromatic rings.